The molecule has 0 radical (unpaired) electrons. The van der Waals surface area contributed by atoms with Gasteiger partial charge in [-0.05, 0) is 32.3 Å². The lowest BCUT2D eigenvalue weighted by Crippen LogP contribution is -2.30. The van der Waals surface area contributed by atoms with Crippen LogP contribution in [0, 0.1) is 13.8 Å². The van der Waals surface area contributed by atoms with Gasteiger partial charge in [0, 0.05) is 18.6 Å². The highest BCUT2D eigenvalue weighted by Crippen LogP contribution is 2.32. The van der Waals surface area contributed by atoms with Gasteiger partial charge in [-0.3, -0.25) is 0 Å². The van der Waals surface area contributed by atoms with Gasteiger partial charge in [-0.1, -0.05) is 0 Å². The molecule has 1 unspecified atom stereocenters. The van der Waals surface area contributed by atoms with Crippen molar-refractivity contribution in [3.8, 4) is 0 Å². The number of nitrogens with zero attached hydrogens (tertiary/aromatic N) is 2. The molecule has 7 heteroatoms. The number of methoxy groups -OCH3 is 1. The van der Waals surface area contributed by atoms with Crippen molar-refractivity contribution in [2.24, 2.45) is 0 Å². The SMILES string of the molecule is COCCCC(Nc1ncnc2sc(C)c(C)c12)C(=O)O. The molecular weight excluding hydrogens is 290 g/mol. The number of aromatic nitrogens is 2. The first-order valence-corrected chi connectivity index (χ1v) is 7.55. The van der Waals surface area contributed by atoms with Crippen LogP contribution in [0.5, 0.6) is 0 Å². The van der Waals surface area contributed by atoms with Crippen molar-refractivity contribution in [3.63, 3.8) is 0 Å². The van der Waals surface area contributed by atoms with Crippen LogP contribution >= 0.6 is 11.3 Å². The zero-order valence-electron chi connectivity index (χ0n) is 12.3. The van der Waals surface area contributed by atoms with Gasteiger partial charge in [0.15, 0.2) is 0 Å². The maximum absolute atomic E-state index is 11.4. The fraction of sp³-hybridized carbons (Fsp3) is 0.500. The van der Waals surface area contributed by atoms with E-state index < -0.39 is 12.0 Å². The summed E-state index contributed by atoms with van der Waals surface area (Å²) in [5.74, 6) is -0.297. The van der Waals surface area contributed by atoms with Crippen molar-refractivity contribution in [2.45, 2.75) is 32.7 Å². The second kappa shape index (κ2) is 6.82. The van der Waals surface area contributed by atoms with Crippen LogP contribution in [-0.2, 0) is 9.53 Å². The highest BCUT2D eigenvalue weighted by Gasteiger charge is 2.20. The van der Waals surface area contributed by atoms with E-state index in [9.17, 15) is 9.90 Å². The number of carbonyl (C=O) groups is 1. The molecule has 0 amide bonds. The van der Waals surface area contributed by atoms with Gasteiger partial charge in [-0.15, -0.1) is 11.3 Å². The molecule has 0 aliphatic heterocycles. The Hall–Kier alpha value is -1.73. The van der Waals surface area contributed by atoms with Crippen molar-refractivity contribution in [3.05, 3.63) is 16.8 Å². The largest absolute Gasteiger partial charge is 0.480 e. The van der Waals surface area contributed by atoms with Crippen LogP contribution < -0.4 is 5.32 Å². The van der Waals surface area contributed by atoms with Gasteiger partial charge in [0.05, 0.1) is 5.39 Å². The first kappa shape index (κ1) is 15.7. The molecule has 0 spiro atoms. The lowest BCUT2D eigenvalue weighted by molar-refractivity contribution is -0.138. The molecule has 0 aliphatic carbocycles. The maximum atomic E-state index is 11.4. The van der Waals surface area contributed by atoms with E-state index in [1.165, 1.54) is 11.2 Å². The molecule has 0 saturated carbocycles. The predicted molar refractivity (Wildman–Crippen MR) is 83.0 cm³/mol. The van der Waals surface area contributed by atoms with E-state index in [4.69, 9.17) is 4.74 Å². The van der Waals surface area contributed by atoms with Crippen LogP contribution in [0.4, 0.5) is 5.82 Å². The molecule has 114 valence electrons. The van der Waals surface area contributed by atoms with Gasteiger partial charge >= 0.3 is 5.97 Å². The summed E-state index contributed by atoms with van der Waals surface area (Å²) in [6.45, 7) is 4.57. The Labute approximate surface area is 127 Å². The van der Waals surface area contributed by atoms with E-state index in [-0.39, 0.29) is 0 Å². The van der Waals surface area contributed by atoms with Gasteiger partial charge in [-0.25, -0.2) is 14.8 Å². The Morgan fingerprint density at radius 3 is 2.90 bits per heavy atom. The molecule has 0 bridgehead atoms. The molecule has 0 aromatic carbocycles. The average molecular weight is 309 g/mol. The maximum Gasteiger partial charge on any atom is 0.326 e. The van der Waals surface area contributed by atoms with Crippen LogP contribution in [0.1, 0.15) is 23.3 Å². The highest BCUT2D eigenvalue weighted by molar-refractivity contribution is 7.18. The molecule has 0 aliphatic rings. The van der Waals surface area contributed by atoms with Gasteiger partial charge < -0.3 is 15.2 Å². The van der Waals surface area contributed by atoms with E-state index in [0.717, 1.165) is 15.8 Å². The summed E-state index contributed by atoms with van der Waals surface area (Å²) < 4.78 is 4.97. The Morgan fingerprint density at radius 2 is 2.24 bits per heavy atom. The highest BCUT2D eigenvalue weighted by atomic mass is 32.1. The summed E-state index contributed by atoms with van der Waals surface area (Å²) in [6.07, 6.45) is 2.63. The van der Waals surface area contributed by atoms with Crippen LogP contribution in [0.2, 0.25) is 0 Å². The molecule has 0 saturated heterocycles. The van der Waals surface area contributed by atoms with Gasteiger partial charge in [0.1, 0.15) is 23.0 Å². The lowest BCUT2D eigenvalue weighted by atomic mass is 10.1. The van der Waals surface area contributed by atoms with E-state index in [0.29, 0.717) is 25.3 Å². The number of hydrogen-bond acceptors (Lipinski definition) is 6. The number of carboxylic acids is 1. The number of thiophene rings is 1. The summed E-state index contributed by atoms with van der Waals surface area (Å²) in [6, 6.07) is -0.683. The second-order valence-corrected chi connectivity index (χ2v) is 6.06. The third kappa shape index (κ3) is 3.48. The summed E-state index contributed by atoms with van der Waals surface area (Å²) in [5, 5.41) is 13.3. The van der Waals surface area contributed by atoms with Gasteiger partial charge in [0.25, 0.3) is 0 Å². The standard InChI is InChI=1S/C14H19N3O3S/c1-8-9(2)21-13-11(8)12(15-7-16-13)17-10(14(18)19)5-4-6-20-3/h7,10H,4-6H2,1-3H3,(H,18,19)(H,15,16,17). The number of hydrogen-bond donors (Lipinski definition) is 2. The Morgan fingerprint density at radius 1 is 1.48 bits per heavy atom. The topological polar surface area (TPSA) is 84.3 Å². The molecule has 2 N–H and O–H groups in total. The summed E-state index contributed by atoms with van der Waals surface area (Å²) >= 11 is 1.59. The van der Waals surface area contributed by atoms with Crippen molar-refractivity contribution in [1.82, 2.24) is 9.97 Å². The van der Waals surface area contributed by atoms with Crippen molar-refractivity contribution < 1.29 is 14.6 Å². The predicted octanol–water partition coefficient (Wildman–Crippen LogP) is 2.60. The third-order valence-electron chi connectivity index (χ3n) is 3.42. The minimum absolute atomic E-state index is 0.483. The smallest absolute Gasteiger partial charge is 0.326 e. The number of fused-ring (bicyclic) bond motifs is 1. The molecule has 0 fully saturated rings. The van der Waals surface area contributed by atoms with Crippen LogP contribution in [-0.4, -0.2) is 40.8 Å². The van der Waals surface area contributed by atoms with E-state index in [1.807, 2.05) is 13.8 Å². The molecule has 2 heterocycles. The zero-order chi connectivity index (χ0) is 15.4. The first-order valence-electron chi connectivity index (χ1n) is 6.73. The van der Waals surface area contributed by atoms with Gasteiger partial charge in [-0.2, -0.15) is 0 Å². The molecule has 6 nitrogen and oxygen atoms in total. The summed E-state index contributed by atoms with van der Waals surface area (Å²) in [7, 11) is 1.61. The Kier molecular flexibility index (Phi) is 5.08. The minimum Gasteiger partial charge on any atom is -0.480 e. The quantitative estimate of drug-likeness (QED) is 0.765. The molecule has 2 aromatic rings. The van der Waals surface area contributed by atoms with E-state index in [1.54, 1.807) is 18.4 Å². The van der Waals surface area contributed by atoms with Crippen LogP contribution in [0.25, 0.3) is 10.2 Å². The molecular formula is C14H19N3O3S. The molecule has 2 aromatic heterocycles. The molecule has 1 atom stereocenters. The van der Waals surface area contributed by atoms with Gasteiger partial charge in [0.2, 0.25) is 0 Å². The zero-order valence-corrected chi connectivity index (χ0v) is 13.2. The average Bonchev–Trinajstić information content (AvgIpc) is 2.74. The third-order valence-corrected chi connectivity index (χ3v) is 4.53. The van der Waals surface area contributed by atoms with Crippen molar-refractivity contribution in [1.29, 1.82) is 0 Å². The van der Waals surface area contributed by atoms with Crippen LogP contribution in [0.3, 0.4) is 0 Å². The lowest BCUT2D eigenvalue weighted by Gasteiger charge is -2.15. The first-order chi connectivity index (χ1) is 10.0. The molecule has 21 heavy (non-hydrogen) atoms. The normalized spacial score (nSPS) is 12.5. The molecule has 2 rings (SSSR count). The fourth-order valence-corrected chi connectivity index (χ4v) is 3.14. The number of aliphatic carboxylic acids is 1. The summed E-state index contributed by atoms with van der Waals surface area (Å²) in [5.41, 5.74) is 1.10. The number of nitrogens with one attached hydrogen (secondary N) is 1. The Balaban J connectivity index is 2.26. The van der Waals surface area contributed by atoms with Crippen molar-refractivity contribution >= 4 is 33.3 Å². The number of anilines is 1. The number of carboxylic acid groups (broad SMARTS) is 1. The second-order valence-electron chi connectivity index (χ2n) is 4.86. The monoisotopic (exact) mass is 309 g/mol. The van der Waals surface area contributed by atoms with Crippen molar-refractivity contribution in [2.75, 3.05) is 19.0 Å². The number of aryl methyl sites for hydroxylation is 2. The van der Waals surface area contributed by atoms with E-state index in [2.05, 4.69) is 15.3 Å². The Bertz CT molecular complexity index is 642. The minimum atomic E-state index is -0.887. The fourth-order valence-electron chi connectivity index (χ4n) is 2.15. The van der Waals surface area contributed by atoms with E-state index >= 15 is 0 Å². The summed E-state index contributed by atoms with van der Waals surface area (Å²) in [4.78, 5) is 21.9. The van der Waals surface area contributed by atoms with Crippen LogP contribution in [0.15, 0.2) is 6.33 Å². The number of rotatable bonds is 7. The number of ether oxygens (including phenoxy) is 1.